The van der Waals surface area contributed by atoms with E-state index >= 15 is 0 Å². The predicted molar refractivity (Wildman–Crippen MR) is 89.6 cm³/mol. The van der Waals surface area contributed by atoms with Crippen molar-refractivity contribution in [1.82, 2.24) is 0 Å². The molecule has 0 aliphatic heterocycles. The van der Waals surface area contributed by atoms with Crippen molar-refractivity contribution in [3.05, 3.63) is 47.1 Å². The van der Waals surface area contributed by atoms with Gasteiger partial charge in [0, 0.05) is 23.0 Å². The van der Waals surface area contributed by atoms with Crippen LogP contribution in [0, 0.1) is 23.7 Å². The Kier molecular flexibility index (Phi) is 3.80. The molecule has 0 heterocycles. The number of rotatable bonds is 1. The Morgan fingerprint density at radius 2 is 1.96 bits per heavy atom. The summed E-state index contributed by atoms with van der Waals surface area (Å²) in [5, 5.41) is 10.5. The van der Waals surface area contributed by atoms with E-state index in [1.807, 2.05) is 13.0 Å². The van der Waals surface area contributed by atoms with Gasteiger partial charge >= 0.3 is 0 Å². The molecular formula is C20H24O3. The summed E-state index contributed by atoms with van der Waals surface area (Å²) < 4.78 is 0. The molecular weight excluding hydrogens is 288 g/mol. The second-order valence-corrected chi connectivity index (χ2v) is 7.31. The van der Waals surface area contributed by atoms with Crippen molar-refractivity contribution in [2.24, 2.45) is 23.7 Å². The van der Waals surface area contributed by atoms with Crippen molar-refractivity contribution < 1.29 is 14.7 Å². The minimum Gasteiger partial charge on any atom is -0.387 e. The summed E-state index contributed by atoms with van der Waals surface area (Å²) in [4.78, 5) is 25.5. The zero-order valence-corrected chi connectivity index (χ0v) is 14.1. The number of hydrogen-bond acceptors (Lipinski definition) is 3. The molecule has 1 fully saturated rings. The second-order valence-electron chi connectivity index (χ2n) is 7.31. The molecule has 0 saturated heterocycles. The number of carbonyl (C=O) groups excluding carboxylic acids is 2. The van der Waals surface area contributed by atoms with Gasteiger partial charge in [-0.15, -0.1) is 0 Å². The van der Waals surface area contributed by atoms with Crippen LogP contribution in [0.15, 0.2) is 47.1 Å². The summed E-state index contributed by atoms with van der Waals surface area (Å²) in [6, 6.07) is 0. The number of allylic oxidation sites excluding steroid dienone is 5. The highest BCUT2D eigenvalue weighted by Crippen LogP contribution is 2.50. The van der Waals surface area contributed by atoms with Crippen molar-refractivity contribution in [2.45, 2.75) is 39.7 Å². The lowest BCUT2D eigenvalue weighted by atomic mass is 9.64. The molecule has 122 valence electrons. The van der Waals surface area contributed by atoms with E-state index in [9.17, 15) is 14.7 Å². The van der Waals surface area contributed by atoms with Crippen LogP contribution in [0.25, 0.3) is 0 Å². The third-order valence-corrected chi connectivity index (χ3v) is 5.79. The third kappa shape index (κ3) is 2.21. The Bertz CT molecular complexity index is 692. The average molecular weight is 312 g/mol. The van der Waals surface area contributed by atoms with Gasteiger partial charge in [0.05, 0.1) is 6.10 Å². The monoisotopic (exact) mass is 312 g/mol. The molecule has 0 aromatic heterocycles. The molecule has 0 unspecified atom stereocenters. The molecule has 3 aliphatic rings. The van der Waals surface area contributed by atoms with Crippen LogP contribution in [0.1, 0.15) is 33.6 Å². The van der Waals surface area contributed by atoms with Crippen LogP contribution in [0.3, 0.4) is 0 Å². The summed E-state index contributed by atoms with van der Waals surface area (Å²) in [5.41, 5.74) is 3.52. The first kappa shape index (κ1) is 16.1. The highest BCUT2D eigenvalue weighted by Gasteiger charge is 2.50. The molecule has 3 aliphatic carbocycles. The van der Waals surface area contributed by atoms with Crippen molar-refractivity contribution in [1.29, 1.82) is 0 Å². The first-order valence-corrected chi connectivity index (χ1v) is 8.28. The lowest BCUT2D eigenvalue weighted by Crippen LogP contribution is -2.32. The number of aliphatic hydroxyl groups is 1. The molecule has 0 radical (unpaired) electrons. The van der Waals surface area contributed by atoms with Crippen molar-refractivity contribution in [3.63, 3.8) is 0 Å². The summed E-state index contributed by atoms with van der Waals surface area (Å²) in [7, 11) is 0. The summed E-state index contributed by atoms with van der Waals surface area (Å²) in [6.07, 6.45) is 2.76. The van der Waals surface area contributed by atoms with Gasteiger partial charge in [-0.05, 0) is 44.1 Å². The van der Waals surface area contributed by atoms with Gasteiger partial charge < -0.3 is 5.11 Å². The predicted octanol–water partition coefficient (Wildman–Crippen LogP) is 3.17. The minimum atomic E-state index is -0.995. The van der Waals surface area contributed by atoms with Gasteiger partial charge in [0.2, 0.25) is 0 Å². The Morgan fingerprint density at radius 1 is 1.30 bits per heavy atom. The van der Waals surface area contributed by atoms with E-state index in [2.05, 4.69) is 13.2 Å². The molecule has 3 nitrogen and oxygen atoms in total. The van der Waals surface area contributed by atoms with Gasteiger partial charge in [-0.3, -0.25) is 9.59 Å². The zero-order chi connectivity index (χ0) is 17.0. The molecule has 0 aromatic carbocycles. The van der Waals surface area contributed by atoms with Gasteiger partial charge in [0.25, 0.3) is 0 Å². The lowest BCUT2D eigenvalue weighted by Gasteiger charge is -2.39. The standard InChI is InChI=1S/C20H24O3/c1-9(2)13-7-6-10(3)15-14(13)8-11(4)18(21)17-16(15)19(22)12(5)20(17)23/h8,12-15,20,23H,1,3,6-7H2,2,4-5H3/t12-,13-,14-,15-,20+/m0/s1. The third-order valence-electron chi connectivity index (χ3n) is 5.79. The average Bonchev–Trinajstić information content (AvgIpc) is 2.64. The van der Waals surface area contributed by atoms with E-state index in [0.717, 1.165) is 24.0 Å². The Labute approximate surface area is 137 Å². The first-order chi connectivity index (χ1) is 10.8. The van der Waals surface area contributed by atoms with E-state index in [4.69, 9.17) is 0 Å². The fraction of sp³-hybridized carbons (Fsp3) is 0.500. The second kappa shape index (κ2) is 5.41. The number of carbonyl (C=O) groups is 2. The highest BCUT2D eigenvalue weighted by atomic mass is 16.3. The number of Topliss-reactive ketones (excluding diaryl/α,β-unsaturated/α-hetero) is 2. The van der Waals surface area contributed by atoms with E-state index in [-0.39, 0.29) is 29.3 Å². The SMILES string of the molecule is C=C1CC[C@@H](C(=C)C)[C@@H]2C=C(C)C(=O)C3=C(C(=O)[C@H](C)[C@H]3O)[C@@H]12. The van der Waals surface area contributed by atoms with Gasteiger partial charge in [-0.1, -0.05) is 37.3 Å². The summed E-state index contributed by atoms with van der Waals surface area (Å²) >= 11 is 0. The molecule has 5 atom stereocenters. The smallest absolute Gasteiger partial charge is 0.187 e. The van der Waals surface area contributed by atoms with E-state index in [1.54, 1.807) is 13.8 Å². The van der Waals surface area contributed by atoms with Crippen LogP contribution in [0.5, 0.6) is 0 Å². The molecule has 0 spiro atoms. The topological polar surface area (TPSA) is 54.4 Å². The molecule has 1 N–H and O–H groups in total. The molecule has 0 bridgehead atoms. The summed E-state index contributed by atoms with van der Waals surface area (Å²) in [6.45, 7) is 13.8. The molecule has 23 heavy (non-hydrogen) atoms. The van der Waals surface area contributed by atoms with E-state index < -0.39 is 12.0 Å². The summed E-state index contributed by atoms with van der Waals surface area (Å²) in [5.74, 6) is -0.731. The van der Waals surface area contributed by atoms with Crippen molar-refractivity contribution in [3.8, 4) is 0 Å². The fourth-order valence-electron chi connectivity index (χ4n) is 4.46. The van der Waals surface area contributed by atoms with Gasteiger partial charge in [0.1, 0.15) is 0 Å². The van der Waals surface area contributed by atoms with Gasteiger partial charge in [-0.2, -0.15) is 0 Å². The van der Waals surface area contributed by atoms with E-state index in [0.29, 0.717) is 16.7 Å². The van der Waals surface area contributed by atoms with Crippen LogP contribution in [-0.2, 0) is 9.59 Å². The quantitative estimate of drug-likeness (QED) is 0.757. The van der Waals surface area contributed by atoms with Crippen LogP contribution in [0.4, 0.5) is 0 Å². The van der Waals surface area contributed by atoms with Crippen LogP contribution in [0.2, 0.25) is 0 Å². The Balaban J connectivity index is 2.23. The number of aliphatic hydroxyl groups excluding tert-OH is 1. The van der Waals surface area contributed by atoms with Gasteiger partial charge in [-0.25, -0.2) is 0 Å². The van der Waals surface area contributed by atoms with Crippen molar-refractivity contribution >= 4 is 11.6 Å². The molecule has 3 heteroatoms. The van der Waals surface area contributed by atoms with Gasteiger partial charge in [0.15, 0.2) is 11.6 Å². The zero-order valence-electron chi connectivity index (χ0n) is 14.1. The maximum Gasteiger partial charge on any atom is 0.187 e. The maximum absolute atomic E-state index is 12.8. The number of hydrogen-bond donors (Lipinski definition) is 1. The number of ketones is 2. The van der Waals surface area contributed by atoms with Crippen LogP contribution < -0.4 is 0 Å². The Hall–Kier alpha value is -1.74. The van der Waals surface area contributed by atoms with Crippen LogP contribution >= 0.6 is 0 Å². The molecule has 3 rings (SSSR count). The molecule has 1 saturated carbocycles. The fourth-order valence-corrected chi connectivity index (χ4v) is 4.46. The van der Waals surface area contributed by atoms with Crippen LogP contribution in [-0.4, -0.2) is 22.8 Å². The maximum atomic E-state index is 12.8. The molecule has 0 aromatic rings. The lowest BCUT2D eigenvalue weighted by molar-refractivity contribution is -0.120. The highest BCUT2D eigenvalue weighted by molar-refractivity contribution is 6.18. The van der Waals surface area contributed by atoms with E-state index in [1.165, 1.54) is 0 Å². The normalized spacial score (nSPS) is 37.3. The number of fused-ring (bicyclic) bond motifs is 2. The van der Waals surface area contributed by atoms with Crippen molar-refractivity contribution in [2.75, 3.05) is 0 Å². The minimum absolute atomic E-state index is 0.0339. The Morgan fingerprint density at radius 3 is 2.57 bits per heavy atom. The largest absolute Gasteiger partial charge is 0.387 e. The first-order valence-electron chi connectivity index (χ1n) is 8.28. The molecule has 0 amide bonds.